The number of ketones is 1. The van der Waals surface area contributed by atoms with Gasteiger partial charge in [-0.15, -0.1) is 6.58 Å². The second-order valence-corrected chi connectivity index (χ2v) is 4.79. The van der Waals surface area contributed by atoms with E-state index in [1.807, 2.05) is 12.1 Å². The van der Waals surface area contributed by atoms with Gasteiger partial charge in [0.2, 0.25) is 0 Å². The van der Waals surface area contributed by atoms with Crippen molar-refractivity contribution in [2.24, 2.45) is 0 Å². The maximum atomic E-state index is 11.8. The average molecular weight is 237 g/mol. The van der Waals surface area contributed by atoms with Crippen LogP contribution in [0.2, 0.25) is 0 Å². The van der Waals surface area contributed by atoms with Crippen molar-refractivity contribution in [3.63, 3.8) is 0 Å². The Morgan fingerprint density at radius 2 is 2.19 bits per heavy atom. The van der Waals surface area contributed by atoms with Gasteiger partial charge in [-0.05, 0) is 12.1 Å². The second-order valence-electron chi connectivity index (χ2n) is 3.36. The maximum Gasteiger partial charge on any atom is 0.177 e. The van der Waals surface area contributed by atoms with Gasteiger partial charge in [-0.25, -0.2) is 0 Å². The zero-order chi connectivity index (χ0) is 12.0. The molecular formula is C12H15NO2S. The predicted molar refractivity (Wildman–Crippen MR) is 68.4 cm³/mol. The molecule has 0 bridgehead atoms. The first-order valence-corrected chi connectivity index (χ1v) is 6.65. The Morgan fingerprint density at radius 1 is 1.50 bits per heavy atom. The highest BCUT2D eigenvalue weighted by molar-refractivity contribution is 7.85. The van der Waals surface area contributed by atoms with E-state index in [4.69, 9.17) is 0 Å². The van der Waals surface area contributed by atoms with Gasteiger partial charge in [0.05, 0.1) is 5.75 Å². The molecule has 1 unspecified atom stereocenters. The van der Waals surface area contributed by atoms with Crippen molar-refractivity contribution in [2.45, 2.75) is 0 Å². The number of carbonyl (C=O) groups excluding carboxylic acids is 1. The van der Waals surface area contributed by atoms with E-state index in [9.17, 15) is 9.00 Å². The van der Waals surface area contributed by atoms with Crippen LogP contribution < -0.4 is 5.32 Å². The first-order valence-electron chi connectivity index (χ1n) is 4.92. The highest BCUT2D eigenvalue weighted by atomic mass is 32.2. The molecule has 0 aliphatic heterocycles. The molecule has 1 N–H and O–H groups in total. The fraction of sp³-hybridized carbons (Fsp3) is 0.250. The van der Waals surface area contributed by atoms with E-state index in [2.05, 4.69) is 11.9 Å². The third-order valence-electron chi connectivity index (χ3n) is 2.00. The Hall–Kier alpha value is -1.42. The van der Waals surface area contributed by atoms with Crippen LogP contribution in [0.1, 0.15) is 10.4 Å². The Kier molecular flexibility index (Phi) is 4.92. The number of hydrogen-bond acceptors (Lipinski definition) is 3. The zero-order valence-electron chi connectivity index (χ0n) is 9.23. The predicted octanol–water partition coefficient (Wildman–Crippen LogP) is 1.85. The minimum Gasteiger partial charge on any atom is -0.381 e. The lowest BCUT2D eigenvalue weighted by atomic mass is 10.1. The Bertz CT molecular complexity index is 415. The molecule has 0 fully saturated rings. The third kappa shape index (κ3) is 3.62. The van der Waals surface area contributed by atoms with Gasteiger partial charge in [0.25, 0.3) is 0 Å². The molecule has 0 amide bonds. The van der Waals surface area contributed by atoms with Crippen molar-refractivity contribution < 1.29 is 9.00 Å². The summed E-state index contributed by atoms with van der Waals surface area (Å²) in [5.74, 6) is -0.0414. The number of benzene rings is 1. The van der Waals surface area contributed by atoms with E-state index >= 15 is 0 Å². The number of anilines is 1. The van der Waals surface area contributed by atoms with Crippen molar-refractivity contribution in [1.82, 2.24) is 0 Å². The van der Waals surface area contributed by atoms with Crippen molar-refractivity contribution in [3.8, 4) is 0 Å². The summed E-state index contributed by atoms with van der Waals surface area (Å²) in [5, 5.41) is 3.08. The van der Waals surface area contributed by atoms with Gasteiger partial charge in [0, 0.05) is 34.9 Å². The molecular weight excluding hydrogens is 222 g/mol. The molecule has 1 rings (SSSR count). The molecule has 4 heteroatoms. The molecule has 0 aromatic heterocycles. The van der Waals surface area contributed by atoms with Crippen LogP contribution in [0.3, 0.4) is 0 Å². The van der Waals surface area contributed by atoms with Crippen LogP contribution in [-0.2, 0) is 10.8 Å². The smallest absolute Gasteiger partial charge is 0.177 e. The van der Waals surface area contributed by atoms with Crippen molar-refractivity contribution in [1.29, 1.82) is 0 Å². The topological polar surface area (TPSA) is 46.2 Å². The van der Waals surface area contributed by atoms with Crippen molar-refractivity contribution in [2.75, 3.05) is 23.9 Å². The maximum absolute atomic E-state index is 11.8. The van der Waals surface area contributed by atoms with E-state index in [0.717, 1.165) is 5.69 Å². The summed E-state index contributed by atoms with van der Waals surface area (Å²) in [7, 11) is -1.11. The molecule has 16 heavy (non-hydrogen) atoms. The van der Waals surface area contributed by atoms with Crippen LogP contribution in [0, 0.1) is 0 Å². The summed E-state index contributed by atoms with van der Waals surface area (Å²) in [6, 6.07) is 7.21. The minimum atomic E-state index is -1.11. The standard InChI is InChI=1S/C12H15NO2S/c1-3-8-13-11-7-5-4-6-10(11)12(14)9-16(2)15/h3-7,13H,1,8-9H2,2H3. The Morgan fingerprint density at radius 3 is 2.81 bits per heavy atom. The molecule has 1 atom stereocenters. The molecule has 0 heterocycles. The number of rotatable bonds is 6. The van der Waals surface area contributed by atoms with Gasteiger partial charge in [0.1, 0.15) is 0 Å². The van der Waals surface area contributed by atoms with E-state index in [1.54, 1.807) is 18.2 Å². The van der Waals surface area contributed by atoms with Gasteiger partial charge < -0.3 is 5.32 Å². The summed E-state index contributed by atoms with van der Waals surface area (Å²) < 4.78 is 11.0. The van der Waals surface area contributed by atoms with Crippen LogP contribution in [0.25, 0.3) is 0 Å². The number of Topliss-reactive ketones (excluding diaryl/α,β-unsaturated/α-hetero) is 1. The van der Waals surface area contributed by atoms with Gasteiger partial charge in [-0.1, -0.05) is 18.2 Å². The van der Waals surface area contributed by atoms with Crippen LogP contribution in [0.15, 0.2) is 36.9 Å². The van der Waals surface area contributed by atoms with E-state index in [0.29, 0.717) is 12.1 Å². The van der Waals surface area contributed by atoms with Crippen LogP contribution in [0.5, 0.6) is 0 Å². The molecule has 86 valence electrons. The monoisotopic (exact) mass is 237 g/mol. The molecule has 1 aromatic rings. The molecule has 1 aromatic carbocycles. The first kappa shape index (κ1) is 12.6. The number of nitrogens with one attached hydrogen (secondary N) is 1. The normalized spacial score (nSPS) is 11.8. The number of carbonyl (C=O) groups is 1. The van der Waals surface area contributed by atoms with Gasteiger partial charge in [-0.3, -0.25) is 9.00 Å². The number of para-hydroxylation sites is 1. The SMILES string of the molecule is C=CCNc1ccccc1C(=O)CS(C)=O. The fourth-order valence-electron chi connectivity index (χ4n) is 1.32. The summed E-state index contributed by atoms with van der Waals surface area (Å²) >= 11 is 0. The lowest BCUT2D eigenvalue weighted by Crippen LogP contribution is -2.12. The summed E-state index contributed by atoms with van der Waals surface area (Å²) in [5.41, 5.74) is 1.34. The largest absolute Gasteiger partial charge is 0.381 e. The van der Waals surface area contributed by atoms with E-state index in [-0.39, 0.29) is 11.5 Å². The molecule has 0 spiro atoms. The minimum absolute atomic E-state index is 0.0623. The van der Waals surface area contributed by atoms with Crippen LogP contribution in [0.4, 0.5) is 5.69 Å². The summed E-state index contributed by atoms with van der Waals surface area (Å²) in [6.07, 6.45) is 3.25. The third-order valence-corrected chi connectivity index (χ3v) is 2.67. The van der Waals surface area contributed by atoms with Crippen LogP contribution in [-0.4, -0.2) is 28.5 Å². The van der Waals surface area contributed by atoms with Crippen LogP contribution >= 0.6 is 0 Å². The molecule has 0 saturated carbocycles. The lowest BCUT2D eigenvalue weighted by molar-refractivity contribution is 0.102. The zero-order valence-corrected chi connectivity index (χ0v) is 10.0. The lowest BCUT2D eigenvalue weighted by Gasteiger charge is -2.08. The molecule has 0 aliphatic carbocycles. The van der Waals surface area contributed by atoms with Gasteiger partial charge in [-0.2, -0.15) is 0 Å². The summed E-state index contributed by atoms with van der Waals surface area (Å²) in [4.78, 5) is 11.8. The molecule has 0 aliphatic rings. The molecule has 3 nitrogen and oxygen atoms in total. The average Bonchev–Trinajstić information content (AvgIpc) is 2.25. The van der Waals surface area contributed by atoms with Crippen molar-refractivity contribution >= 4 is 22.3 Å². The Balaban J connectivity index is 2.89. The van der Waals surface area contributed by atoms with E-state index in [1.165, 1.54) is 6.26 Å². The highest BCUT2D eigenvalue weighted by Gasteiger charge is 2.11. The second kappa shape index (κ2) is 6.23. The van der Waals surface area contributed by atoms with E-state index < -0.39 is 10.8 Å². The highest BCUT2D eigenvalue weighted by Crippen LogP contribution is 2.15. The Labute approximate surface area is 98.0 Å². The molecule has 0 radical (unpaired) electrons. The first-order chi connectivity index (χ1) is 7.65. The van der Waals surface area contributed by atoms with Gasteiger partial charge in [0.15, 0.2) is 5.78 Å². The van der Waals surface area contributed by atoms with Gasteiger partial charge >= 0.3 is 0 Å². The van der Waals surface area contributed by atoms with Crippen molar-refractivity contribution in [3.05, 3.63) is 42.5 Å². The quantitative estimate of drug-likeness (QED) is 0.606. The fourth-order valence-corrected chi connectivity index (χ4v) is 1.85. The molecule has 0 saturated heterocycles. The summed E-state index contributed by atoms with van der Waals surface area (Å²) in [6.45, 7) is 4.20. The number of hydrogen-bond donors (Lipinski definition) is 1.